The van der Waals surface area contributed by atoms with E-state index in [0.29, 0.717) is 18.8 Å². The maximum atomic E-state index is 12.2. The molecule has 0 fully saturated rings. The van der Waals surface area contributed by atoms with Crippen molar-refractivity contribution in [2.75, 3.05) is 0 Å². The molecular formula is C19H36NaO7S. The summed E-state index contributed by atoms with van der Waals surface area (Å²) in [6.45, 7) is 6.24. The molecule has 2 unspecified atom stereocenters. The number of carboxylic acids is 1. The summed E-state index contributed by atoms with van der Waals surface area (Å²) in [5.41, 5.74) is 0. The second-order valence-electron chi connectivity index (χ2n) is 7.54. The predicted molar refractivity (Wildman–Crippen MR) is 110 cm³/mol. The molecule has 1 radical (unpaired) electrons. The molecule has 2 atom stereocenters. The van der Waals surface area contributed by atoms with Gasteiger partial charge in [-0.15, -0.1) is 0 Å². The summed E-state index contributed by atoms with van der Waals surface area (Å²) in [7, 11) is -4.83. The third kappa shape index (κ3) is 15.7. The van der Waals surface area contributed by atoms with Crippen LogP contribution in [0.15, 0.2) is 0 Å². The van der Waals surface area contributed by atoms with Crippen LogP contribution in [0.5, 0.6) is 0 Å². The normalized spacial score (nSPS) is 13.6. The van der Waals surface area contributed by atoms with E-state index < -0.39 is 39.8 Å². The summed E-state index contributed by atoms with van der Waals surface area (Å²) in [5, 5.41) is 6.71. The van der Waals surface area contributed by atoms with E-state index in [9.17, 15) is 18.0 Å². The molecule has 0 rings (SSSR count). The molecule has 0 aliphatic rings. The van der Waals surface area contributed by atoms with Crippen LogP contribution in [0, 0.1) is 5.92 Å². The third-order valence-corrected chi connectivity index (χ3v) is 5.54. The molecule has 0 saturated carbocycles. The average molecular weight is 432 g/mol. The predicted octanol–water partition coefficient (Wildman–Crippen LogP) is 3.83. The van der Waals surface area contributed by atoms with Crippen LogP contribution in [0.1, 0.15) is 91.4 Å². The summed E-state index contributed by atoms with van der Waals surface area (Å²) < 4.78 is 37.1. The van der Waals surface area contributed by atoms with Crippen molar-refractivity contribution in [3.8, 4) is 0 Å². The number of carbonyl (C=O) groups is 2. The van der Waals surface area contributed by atoms with Crippen molar-refractivity contribution in [1.29, 1.82) is 0 Å². The minimum absolute atomic E-state index is 0. The van der Waals surface area contributed by atoms with Crippen LogP contribution in [-0.4, -0.2) is 70.9 Å². The molecule has 0 saturated heterocycles. The number of esters is 1. The van der Waals surface area contributed by atoms with Crippen molar-refractivity contribution in [1.82, 2.24) is 0 Å². The smallest absolute Gasteiger partial charge is 0.327 e. The van der Waals surface area contributed by atoms with Crippen LogP contribution in [0.4, 0.5) is 0 Å². The molecule has 0 aromatic carbocycles. The Balaban J connectivity index is 0. The minimum atomic E-state index is -4.83. The number of rotatable bonds is 16. The van der Waals surface area contributed by atoms with Gasteiger partial charge in [0.05, 0.1) is 6.42 Å². The maximum Gasteiger partial charge on any atom is 0.327 e. The fourth-order valence-electron chi connectivity index (χ4n) is 2.82. The van der Waals surface area contributed by atoms with Gasteiger partial charge in [0.15, 0.2) is 5.25 Å². The Morgan fingerprint density at radius 1 is 0.929 bits per heavy atom. The van der Waals surface area contributed by atoms with Crippen LogP contribution >= 0.6 is 0 Å². The molecule has 7 nitrogen and oxygen atoms in total. The van der Waals surface area contributed by atoms with Crippen LogP contribution in [0.2, 0.25) is 0 Å². The van der Waals surface area contributed by atoms with E-state index in [2.05, 4.69) is 6.92 Å². The number of ether oxygens (including phenoxy) is 1. The van der Waals surface area contributed by atoms with Crippen LogP contribution in [0.25, 0.3) is 0 Å². The monoisotopic (exact) mass is 431 g/mol. The zero-order valence-electron chi connectivity index (χ0n) is 17.9. The van der Waals surface area contributed by atoms with Gasteiger partial charge in [-0.05, 0) is 31.6 Å². The second-order valence-corrected chi connectivity index (χ2v) is 9.14. The van der Waals surface area contributed by atoms with Gasteiger partial charge >= 0.3 is 11.9 Å². The Morgan fingerprint density at radius 3 is 1.93 bits per heavy atom. The van der Waals surface area contributed by atoms with Crippen LogP contribution < -0.4 is 0 Å². The summed E-state index contributed by atoms with van der Waals surface area (Å²) in [6.07, 6.45) is 8.33. The largest absolute Gasteiger partial charge is 0.481 e. The molecule has 161 valence electrons. The Kier molecular flexibility index (Phi) is 17.8. The number of aliphatic carboxylic acids is 1. The fourth-order valence-corrected chi connectivity index (χ4v) is 3.47. The molecule has 28 heavy (non-hydrogen) atoms. The average Bonchev–Trinajstić information content (AvgIpc) is 2.55. The molecule has 0 amide bonds. The van der Waals surface area contributed by atoms with E-state index >= 15 is 0 Å². The van der Waals surface area contributed by atoms with Gasteiger partial charge in [0.1, 0.15) is 6.10 Å². The fraction of sp³-hybridized carbons (Fsp3) is 0.895. The number of hydrogen-bond acceptors (Lipinski definition) is 5. The van der Waals surface area contributed by atoms with Gasteiger partial charge in [-0.2, -0.15) is 8.42 Å². The van der Waals surface area contributed by atoms with Crippen molar-refractivity contribution in [3.63, 3.8) is 0 Å². The van der Waals surface area contributed by atoms with Crippen molar-refractivity contribution in [2.45, 2.75) is 103 Å². The van der Waals surface area contributed by atoms with Crippen LogP contribution in [0.3, 0.4) is 0 Å². The number of carbonyl (C=O) groups excluding carboxylic acids is 1. The molecule has 0 aromatic heterocycles. The Bertz CT molecular complexity index is 534. The van der Waals surface area contributed by atoms with E-state index in [-0.39, 0.29) is 29.6 Å². The van der Waals surface area contributed by atoms with Crippen molar-refractivity contribution < 1.29 is 32.4 Å². The van der Waals surface area contributed by atoms with Gasteiger partial charge in [0.2, 0.25) is 0 Å². The molecule has 9 heteroatoms. The van der Waals surface area contributed by atoms with Gasteiger partial charge < -0.3 is 9.84 Å². The first-order valence-corrected chi connectivity index (χ1v) is 11.5. The van der Waals surface area contributed by atoms with Crippen molar-refractivity contribution in [3.05, 3.63) is 0 Å². The molecule has 0 bridgehead atoms. The number of carboxylic acid groups (broad SMARTS) is 1. The van der Waals surface area contributed by atoms with E-state index in [0.717, 1.165) is 25.7 Å². The summed E-state index contributed by atoms with van der Waals surface area (Å²) in [4.78, 5) is 23.0. The van der Waals surface area contributed by atoms with E-state index in [1.54, 1.807) is 0 Å². The van der Waals surface area contributed by atoms with Gasteiger partial charge in [0, 0.05) is 29.6 Å². The van der Waals surface area contributed by atoms with Gasteiger partial charge in [-0.3, -0.25) is 14.1 Å². The second kappa shape index (κ2) is 16.6. The molecule has 0 aliphatic heterocycles. The third-order valence-electron chi connectivity index (χ3n) is 4.46. The Morgan fingerprint density at radius 2 is 1.46 bits per heavy atom. The summed E-state index contributed by atoms with van der Waals surface area (Å²) >= 11 is 0. The van der Waals surface area contributed by atoms with Gasteiger partial charge in [-0.1, -0.05) is 59.3 Å². The van der Waals surface area contributed by atoms with Crippen molar-refractivity contribution >= 4 is 51.6 Å². The minimum Gasteiger partial charge on any atom is -0.481 e. The summed E-state index contributed by atoms with van der Waals surface area (Å²) in [5.74, 6) is -2.27. The Labute approximate surface area is 192 Å². The molecule has 0 spiro atoms. The van der Waals surface area contributed by atoms with Crippen LogP contribution in [-0.2, 0) is 24.4 Å². The molecular weight excluding hydrogens is 395 g/mol. The molecule has 0 heterocycles. The molecule has 2 N–H and O–H groups in total. The van der Waals surface area contributed by atoms with Crippen molar-refractivity contribution in [2.24, 2.45) is 5.92 Å². The standard InChI is InChI=1S/C19H36O7S.Na/c1-4-5-6-7-8-9-10-11-16(13-12-15(2)3)26-19(22)17(14-18(20)21)27(23,24)25;/h15-17H,4-14H2,1-3H3,(H,20,21)(H,23,24,25);. The quantitative estimate of drug-likeness (QED) is 0.165. The van der Waals surface area contributed by atoms with Gasteiger partial charge in [0.25, 0.3) is 10.1 Å². The number of unbranched alkanes of at least 4 members (excludes halogenated alkanes) is 6. The molecule has 0 aliphatic carbocycles. The summed E-state index contributed by atoms with van der Waals surface area (Å²) in [6, 6.07) is 0. The first-order chi connectivity index (χ1) is 12.6. The van der Waals surface area contributed by atoms with E-state index in [1.807, 2.05) is 13.8 Å². The van der Waals surface area contributed by atoms with Gasteiger partial charge in [-0.25, -0.2) is 0 Å². The maximum absolute atomic E-state index is 12.2. The topological polar surface area (TPSA) is 118 Å². The first kappa shape index (κ1) is 30.0. The zero-order chi connectivity index (χ0) is 20.9. The van der Waals surface area contributed by atoms with E-state index in [4.69, 9.17) is 14.4 Å². The first-order valence-electron chi connectivity index (χ1n) is 9.96. The van der Waals surface area contributed by atoms with E-state index in [1.165, 1.54) is 25.7 Å². The number of hydrogen-bond donors (Lipinski definition) is 2. The molecule has 0 aromatic rings. The zero-order valence-corrected chi connectivity index (χ0v) is 20.7. The Hall–Kier alpha value is -0.150. The SMILES string of the molecule is CCCCCCCCCC(CCC(C)C)OC(=O)C(CC(=O)O)S(=O)(=O)O.[Na].